The molecule has 2 aliphatic rings. The average molecular weight is 569 g/mol. The Kier molecular flexibility index (Phi) is 10.5. The topological polar surface area (TPSA) is 99.8 Å². The van der Waals surface area contributed by atoms with Gasteiger partial charge in [-0.2, -0.15) is 0 Å². The minimum absolute atomic E-state index is 0.133. The van der Waals surface area contributed by atoms with Crippen molar-refractivity contribution in [2.24, 2.45) is 5.92 Å². The van der Waals surface area contributed by atoms with Crippen LogP contribution in [0.25, 0.3) is 6.08 Å². The van der Waals surface area contributed by atoms with E-state index in [-0.39, 0.29) is 17.7 Å². The van der Waals surface area contributed by atoms with Crippen LogP contribution < -0.4 is 20.7 Å². The number of benzene rings is 3. The molecule has 3 amide bonds. The van der Waals surface area contributed by atoms with Crippen LogP contribution in [-0.2, 0) is 20.8 Å². The zero-order chi connectivity index (χ0) is 30.1. The van der Waals surface area contributed by atoms with Gasteiger partial charge in [-0.05, 0) is 67.8 Å². The molecule has 0 unspecified atom stereocenters. The molecule has 5 rings (SSSR count). The minimum atomic E-state index is -1.14. The number of nitrogens with zero attached hydrogens (tertiary/aromatic N) is 1. The lowest BCUT2D eigenvalue weighted by molar-refractivity contribution is -0.135. The summed E-state index contributed by atoms with van der Waals surface area (Å²) in [4.78, 5) is 43.1. The second-order valence-corrected chi connectivity index (χ2v) is 11.2. The monoisotopic (exact) mass is 568 g/mol. The van der Waals surface area contributed by atoms with Crippen molar-refractivity contribution < 1.29 is 19.1 Å². The van der Waals surface area contributed by atoms with E-state index in [4.69, 9.17) is 4.74 Å². The Morgan fingerprint density at radius 3 is 2.17 bits per heavy atom. The first kappa shape index (κ1) is 30.5. The predicted octanol–water partition coefficient (Wildman–Crippen LogP) is 4.10. The molecule has 0 aromatic heterocycles. The van der Waals surface area contributed by atoms with E-state index in [1.54, 1.807) is 24.4 Å². The van der Waals surface area contributed by atoms with Crippen LogP contribution >= 0.6 is 0 Å². The lowest BCUT2D eigenvalue weighted by Crippen LogP contribution is -2.58. The number of carbonyl (C=O) groups is 3. The molecule has 0 radical (unpaired) electrons. The molecule has 0 fully saturated rings. The standard InChI is InChI=1S/C34H40N4O4/c1-23(2)21-28-32(39)35-20-19-24-15-17-27(18-16-24)42-31(26-13-9-6-10-14-26)30(34(41)36-28)37-33(40)29(38(3)4)22-25-11-7-5-8-12-25/h5-20,23,28-31H,21-22H2,1-4H3,(H,35,39)(H,36,41)(H,37,40)/t28-,29-,30-,31+/m0/s1. The highest BCUT2D eigenvalue weighted by Crippen LogP contribution is 2.27. The quantitative estimate of drug-likeness (QED) is 0.380. The maximum atomic E-state index is 14.1. The van der Waals surface area contributed by atoms with E-state index in [2.05, 4.69) is 16.0 Å². The Hall–Kier alpha value is -4.43. The van der Waals surface area contributed by atoms with Crippen molar-refractivity contribution in [3.63, 3.8) is 0 Å². The molecule has 2 aliphatic heterocycles. The van der Waals surface area contributed by atoms with Crippen molar-refractivity contribution in [2.75, 3.05) is 14.1 Å². The number of hydrogen-bond donors (Lipinski definition) is 3. The minimum Gasteiger partial charge on any atom is -0.483 e. The summed E-state index contributed by atoms with van der Waals surface area (Å²) in [6.07, 6.45) is 3.36. The molecule has 0 saturated carbocycles. The first-order chi connectivity index (χ1) is 20.2. The largest absolute Gasteiger partial charge is 0.483 e. The number of nitrogens with one attached hydrogen (secondary N) is 3. The lowest BCUT2D eigenvalue weighted by atomic mass is 9.97. The summed E-state index contributed by atoms with van der Waals surface area (Å²) < 4.78 is 6.47. The summed E-state index contributed by atoms with van der Waals surface area (Å²) >= 11 is 0. The van der Waals surface area contributed by atoms with E-state index in [1.165, 1.54) is 0 Å². The molecule has 0 saturated heterocycles. The Morgan fingerprint density at radius 2 is 1.55 bits per heavy atom. The number of fused-ring (bicyclic) bond motifs is 10. The van der Waals surface area contributed by atoms with Crippen LogP contribution in [0.3, 0.4) is 0 Å². The highest BCUT2D eigenvalue weighted by Gasteiger charge is 2.37. The third-order valence-electron chi connectivity index (χ3n) is 7.19. The second-order valence-electron chi connectivity index (χ2n) is 11.2. The molecule has 220 valence electrons. The van der Waals surface area contributed by atoms with Crippen LogP contribution in [0.5, 0.6) is 5.75 Å². The van der Waals surface area contributed by atoms with E-state index < -0.39 is 30.1 Å². The van der Waals surface area contributed by atoms with E-state index in [1.807, 2.05) is 106 Å². The molecule has 8 heteroatoms. The average Bonchev–Trinajstić information content (AvgIpc) is 2.98. The van der Waals surface area contributed by atoms with Crippen LogP contribution in [0.4, 0.5) is 0 Å². The van der Waals surface area contributed by atoms with Gasteiger partial charge in [-0.25, -0.2) is 0 Å². The van der Waals surface area contributed by atoms with Gasteiger partial charge in [0.25, 0.3) is 0 Å². The van der Waals surface area contributed by atoms with Gasteiger partial charge in [0.1, 0.15) is 17.8 Å². The van der Waals surface area contributed by atoms with Crippen molar-refractivity contribution in [1.82, 2.24) is 20.9 Å². The molecule has 2 bridgehead atoms. The van der Waals surface area contributed by atoms with E-state index in [9.17, 15) is 14.4 Å². The predicted molar refractivity (Wildman–Crippen MR) is 164 cm³/mol. The molecular weight excluding hydrogens is 528 g/mol. The van der Waals surface area contributed by atoms with E-state index >= 15 is 0 Å². The molecule has 3 aromatic rings. The Morgan fingerprint density at radius 1 is 0.905 bits per heavy atom. The van der Waals surface area contributed by atoms with Crippen LogP contribution in [0.1, 0.15) is 43.1 Å². The number of rotatable bonds is 8. The summed E-state index contributed by atoms with van der Waals surface area (Å²) in [5.74, 6) is -0.486. The number of carbonyl (C=O) groups excluding carboxylic acids is 3. The van der Waals surface area contributed by atoms with Crippen LogP contribution in [-0.4, -0.2) is 54.8 Å². The highest BCUT2D eigenvalue weighted by molar-refractivity contribution is 5.94. The van der Waals surface area contributed by atoms with Crippen LogP contribution in [0, 0.1) is 5.92 Å². The maximum Gasteiger partial charge on any atom is 0.247 e. The number of hydrogen-bond acceptors (Lipinski definition) is 5. The third-order valence-corrected chi connectivity index (χ3v) is 7.19. The number of likely N-dealkylation sites (N-methyl/N-ethyl adjacent to an activating group) is 1. The van der Waals surface area contributed by atoms with E-state index in [0.29, 0.717) is 24.2 Å². The molecule has 42 heavy (non-hydrogen) atoms. The van der Waals surface area contributed by atoms with Gasteiger partial charge in [0, 0.05) is 6.20 Å². The van der Waals surface area contributed by atoms with Gasteiger partial charge >= 0.3 is 0 Å². The van der Waals surface area contributed by atoms with Gasteiger partial charge < -0.3 is 20.7 Å². The number of amides is 3. The maximum absolute atomic E-state index is 14.1. The molecule has 3 N–H and O–H groups in total. The fourth-order valence-electron chi connectivity index (χ4n) is 4.94. The van der Waals surface area contributed by atoms with Crippen molar-refractivity contribution in [3.8, 4) is 5.75 Å². The Labute approximate surface area is 248 Å². The van der Waals surface area contributed by atoms with Crippen molar-refractivity contribution >= 4 is 23.8 Å². The fraction of sp³-hybridized carbons (Fsp3) is 0.324. The SMILES string of the molecule is CC(C)C[C@@H]1NC(=O)[C@@H](NC(=O)[C@H](Cc2ccccc2)N(C)C)[C@@H](c2ccccc2)Oc2ccc(cc2)C=CNC1=O. The highest BCUT2D eigenvalue weighted by atomic mass is 16.5. The molecule has 2 heterocycles. The lowest BCUT2D eigenvalue weighted by Gasteiger charge is -2.32. The van der Waals surface area contributed by atoms with Crippen LogP contribution in [0.2, 0.25) is 0 Å². The first-order valence-corrected chi connectivity index (χ1v) is 14.3. The summed E-state index contributed by atoms with van der Waals surface area (Å²) in [5, 5.41) is 8.74. The molecule has 0 aliphatic carbocycles. The van der Waals surface area contributed by atoms with Gasteiger partial charge in [0.15, 0.2) is 6.10 Å². The molecule has 3 aromatic carbocycles. The first-order valence-electron chi connectivity index (χ1n) is 14.3. The summed E-state index contributed by atoms with van der Waals surface area (Å²) in [6, 6.07) is 23.9. The Bertz CT molecular complexity index is 1360. The van der Waals surface area contributed by atoms with Crippen molar-refractivity contribution in [2.45, 2.75) is 50.9 Å². The number of ether oxygens (including phenoxy) is 1. The van der Waals surface area contributed by atoms with Crippen molar-refractivity contribution in [1.29, 1.82) is 0 Å². The molecule has 0 spiro atoms. The molecule has 8 nitrogen and oxygen atoms in total. The van der Waals surface area contributed by atoms with Gasteiger partial charge in [-0.1, -0.05) is 86.6 Å². The zero-order valence-corrected chi connectivity index (χ0v) is 24.6. The van der Waals surface area contributed by atoms with E-state index in [0.717, 1.165) is 11.1 Å². The second kappa shape index (κ2) is 14.5. The zero-order valence-electron chi connectivity index (χ0n) is 24.6. The normalized spacial score (nSPS) is 19.9. The summed E-state index contributed by atoms with van der Waals surface area (Å²) in [5.41, 5.74) is 2.59. The summed E-state index contributed by atoms with van der Waals surface area (Å²) in [7, 11) is 3.67. The Balaban J connectivity index is 1.75. The van der Waals surface area contributed by atoms with Gasteiger partial charge in [0.2, 0.25) is 17.7 Å². The smallest absolute Gasteiger partial charge is 0.247 e. The summed E-state index contributed by atoms with van der Waals surface area (Å²) in [6.45, 7) is 3.98. The molecule has 4 atom stereocenters. The molecular formula is C34H40N4O4. The van der Waals surface area contributed by atoms with Crippen molar-refractivity contribution in [3.05, 3.63) is 108 Å². The fourth-order valence-corrected chi connectivity index (χ4v) is 4.94. The van der Waals surface area contributed by atoms with Gasteiger partial charge in [-0.15, -0.1) is 0 Å². The van der Waals surface area contributed by atoms with Gasteiger partial charge in [0.05, 0.1) is 6.04 Å². The van der Waals surface area contributed by atoms with Crippen LogP contribution in [0.15, 0.2) is 91.1 Å². The van der Waals surface area contributed by atoms with Gasteiger partial charge in [-0.3, -0.25) is 19.3 Å². The third kappa shape index (κ3) is 8.30.